The molecule has 1 N–H and O–H groups in total. The van der Waals surface area contributed by atoms with E-state index in [1.807, 2.05) is 6.07 Å². The first-order valence-electron chi connectivity index (χ1n) is 7.70. The van der Waals surface area contributed by atoms with E-state index in [2.05, 4.69) is 58.0 Å². The summed E-state index contributed by atoms with van der Waals surface area (Å²) in [4.78, 5) is 0. The summed E-state index contributed by atoms with van der Waals surface area (Å²) in [6.07, 6.45) is 5.00. The summed E-state index contributed by atoms with van der Waals surface area (Å²) < 4.78 is 3.14. The molecule has 3 nitrogen and oxygen atoms in total. The molecule has 0 saturated heterocycles. The second-order valence-electron chi connectivity index (χ2n) is 5.84. The van der Waals surface area contributed by atoms with Gasteiger partial charge in [0.15, 0.2) is 0 Å². The smallest absolute Gasteiger partial charge is 0.0790 e. The number of aryl methyl sites for hydroxylation is 1. The van der Waals surface area contributed by atoms with E-state index in [1.54, 1.807) is 0 Å². The highest BCUT2D eigenvalue weighted by Crippen LogP contribution is 2.25. The average Bonchev–Trinajstić information content (AvgIpc) is 3.24. The number of nitrogens with zero attached hydrogens (tertiary/aromatic N) is 2. The van der Waals surface area contributed by atoms with Gasteiger partial charge in [-0.15, -0.1) is 0 Å². The van der Waals surface area contributed by atoms with Crippen molar-refractivity contribution in [2.24, 2.45) is 0 Å². The molecule has 0 amide bonds. The van der Waals surface area contributed by atoms with Crippen LogP contribution >= 0.6 is 15.9 Å². The third-order valence-electron chi connectivity index (χ3n) is 4.14. The van der Waals surface area contributed by atoms with E-state index in [-0.39, 0.29) is 0 Å². The number of hydrogen-bond donors (Lipinski definition) is 1. The topological polar surface area (TPSA) is 29.9 Å². The molecule has 112 valence electrons. The maximum atomic E-state index is 4.73. The van der Waals surface area contributed by atoms with E-state index >= 15 is 0 Å². The zero-order chi connectivity index (χ0) is 14.8. The molecule has 1 aliphatic rings. The van der Waals surface area contributed by atoms with Gasteiger partial charge in [-0.1, -0.05) is 12.1 Å². The highest BCUT2D eigenvalue weighted by atomic mass is 79.9. The van der Waals surface area contributed by atoms with Gasteiger partial charge in [0.1, 0.15) is 0 Å². The van der Waals surface area contributed by atoms with E-state index < -0.39 is 0 Å². The maximum absolute atomic E-state index is 4.73. The van der Waals surface area contributed by atoms with Gasteiger partial charge in [0.25, 0.3) is 0 Å². The van der Waals surface area contributed by atoms with Crippen molar-refractivity contribution in [1.82, 2.24) is 15.1 Å². The van der Waals surface area contributed by atoms with E-state index in [9.17, 15) is 0 Å². The first-order chi connectivity index (χ1) is 10.2. The van der Waals surface area contributed by atoms with Crippen molar-refractivity contribution in [3.63, 3.8) is 0 Å². The molecule has 1 heterocycles. The van der Waals surface area contributed by atoms with Crippen molar-refractivity contribution in [2.45, 2.75) is 45.6 Å². The molecule has 3 rings (SSSR count). The van der Waals surface area contributed by atoms with Crippen LogP contribution in [0.1, 0.15) is 36.2 Å². The Morgan fingerprint density at radius 3 is 2.76 bits per heavy atom. The Morgan fingerprint density at radius 1 is 1.29 bits per heavy atom. The van der Waals surface area contributed by atoms with Gasteiger partial charge in [-0.2, -0.15) is 5.10 Å². The van der Waals surface area contributed by atoms with E-state index in [0.29, 0.717) is 0 Å². The SMILES string of the molecule is Cc1nn(-c2ccccc2Br)c(C)c1CCCNC1CC1. The van der Waals surface area contributed by atoms with Crippen molar-refractivity contribution < 1.29 is 0 Å². The van der Waals surface area contributed by atoms with Crippen LogP contribution in [0.5, 0.6) is 0 Å². The van der Waals surface area contributed by atoms with Crippen LogP contribution in [0.2, 0.25) is 0 Å². The Hall–Kier alpha value is -1.13. The Kier molecular flexibility index (Phi) is 4.45. The number of halogens is 1. The molecule has 0 bridgehead atoms. The number of para-hydroxylation sites is 1. The Bertz CT molecular complexity index is 629. The van der Waals surface area contributed by atoms with E-state index in [0.717, 1.165) is 34.9 Å². The molecular weight excluding hydrogens is 326 g/mol. The van der Waals surface area contributed by atoms with Crippen LogP contribution in [0.15, 0.2) is 28.7 Å². The lowest BCUT2D eigenvalue weighted by molar-refractivity contribution is 0.644. The molecule has 2 aromatic rings. The minimum atomic E-state index is 0.801. The standard InChI is InChI=1S/C17H22BrN3/c1-12-15(6-5-11-19-14-9-10-14)13(2)21(20-12)17-8-4-3-7-16(17)18/h3-4,7-8,14,19H,5-6,9-11H2,1-2H3. The lowest BCUT2D eigenvalue weighted by Gasteiger charge is -2.08. The molecule has 1 saturated carbocycles. The van der Waals surface area contributed by atoms with Crippen LogP contribution in [0.25, 0.3) is 5.69 Å². The van der Waals surface area contributed by atoms with Gasteiger partial charge >= 0.3 is 0 Å². The fourth-order valence-corrected chi connectivity index (χ4v) is 3.21. The Morgan fingerprint density at radius 2 is 2.05 bits per heavy atom. The minimum Gasteiger partial charge on any atom is -0.314 e. The third-order valence-corrected chi connectivity index (χ3v) is 4.81. The lowest BCUT2D eigenvalue weighted by Crippen LogP contribution is -2.18. The predicted molar refractivity (Wildman–Crippen MR) is 90.1 cm³/mol. The molecule has 1 fully saturated rings. The zero-order valence-electron chi connectivity index (χ0n) is 12.7. The van der Waals surface area contributed by atoms with E-state index in [4.69, 9.17) is 5.10 Å². The largest absolute Gasteiger partial charge is 0.314 e. The summed E-state index contributed by atoms with van der Waals surface area (Å²) in [5, 5.41) is 8.31. The normalized spacial score (nSPS) is 14.6. The fraction of sp³-hybridized carbons (Fsp3) is 0.471. The van der Waals surface area contributed by atoms with Gasteiger partial charge in [0, 0.05) is 16.2 Å². The quantitative estimate of drug-likeness (QED) is 0.802. The van der Waals surface area contributed by atoms with Gasteiger partial charge < -0.3 is 5.32 Å². The number of nitrogens with one attached hydrogen (secondary N) is 1. The highest BCUT2D eigenvalue weighted by Gasteiger charge is 2.20. The molecule has 1 aliphatic carbocycles. The predicted octanol–water partition coefficient (Wildman–Crippen LogP) is 3.94. The van der Waals surface area contributed by atoms with Gasteiger partial charge in [-0.05, 0) is 79.7 Å². The van der Waals surface area contributed by atoms with Crippen molar-refractivity contribution in [1.29, 1.82) is 0 Å². The minimum absolute atomic E-state index is 0.801. The lowest BCUT2D eigenvalue weighted by atomic mass is 10.1. The monoisotopic (exact) mass is 347 g/mol. The first kappa shape index (κ1) is 14.8. The van der Waals surface area contributed by atoms with Crippen LogP contribution < -0.4 is 5.32 Å². The molecule has 4 heteroatoms. The van der Waals surface area contributed by atoms with Crippen molar-refractivity contribution in [3.05, 3.63) is 45.7 Å². The summed E-state index contributed by atoms with van der Waals surface area (Å²) in [7, 11) is 0. The molecule has 0 atom stereocenters. The summed E-state index contributed by atoms with van der Waals surface area (Å²) >= 11 is 3.62. The van der Waals surface area contributed by atoms with Crippen LogP contribution in [-0.2, 0) is 6.42 Å². The Balaban J connectivity index is 1.74. The number of hydrogen-bond acceptors (Lipinski definition) is 2. The van der Waals surface area contributed by atoms with Crippen LogP contribution in [0, 0.1) is 13.8 Å². The second-order valence-corrected chi connectivity index (χ2v) is 6.70. The van der Waals surface area contributed by atoms with Gasteiger partial charge in [-0.3, -0.25) is 0 Å². The highest BCUT2D eigenvalue weighted by molar-refractivity contribution is 9.10. The summed E-state index contributed by atoms with van der Waals surface area (Å²) in [5.41, 5.74) is 4.91. The molecule has 0 spiro atoms. The number of benzene rings is 1. The first-order valence-corrected chi connectivity index (χ1v) is 8.49. The molecule has 1 aromatic heterocycles. The summed E-state index contributed by atoms with van der Waals surface area (Å²) in [6, 6.07) is 9.04. The van der Waals surface area contributed by atoms with Crippen molar-refractivity contribution in [2.75, 3.05) is 6.54 Å². The maximum Gasteiger partial charge on any atom is 0.0790 e. The van der Waals surface area contributed by atoms with Crippen molar-refractivity contribution in [3.8, 4) is 5.69 Å². The molecular formula is C17H22BrN3. The zero-order valence-corrected chi connectivity index (χ0v) is 14.3. The van der Waals surface area contributed by atoms with Crippen molar-refractivity contribution >= 4 is 15.9 Å². The second kappa shape index (κ2) is 6.32. The van der Waals surface area contributed by atoms with E-state index in [1.165, 1.54) is 30.5 Å². The number of rotatable bonds is 6. The molecule has 1 aromatic carbocycles. The van der Waals surface area contributed by atoms with Crippen LogP contribution in [0.4, 0.5) is 0 Å². The Labute approximate surface area is 134 Å². The summed E-state index contributed by atoms with van der Waals surface area (Å²) in [6.45, 7) is 5.40. The summed E-state index contributed by atoms with van der Waals surface area (Å²) in [5.74, 6) is 0. The third kappa shape index (κ3) is 3.38. The van der Waals surface area contributed by atoms with Gasteiger partial charge in [0.05, 0.1) is 11.4 Å². The van der Waals surface area contributed by atoms with Crippen LogP contribution in [0.3, 0.4) is 0 Å². The average molecular weight is 348 g/mol. The number of aromatic nitrogens is 2. The van der Waals surface area contributed by atoms with Gasteiger partial charge in [0.2, 0.25) is 0 Å². The van der Waals surface area contributed by atoms with Gasteiger partial charge in [-0.25, -0.2) is 4.68 Å². The fourth-order valence-electron chi connectivity index (χ4n) is 2.75. The molecule has 0 radical (unpaired) electrons. The van der Waals surface area contributed by atoms with Crippen LogP contribution in [-0.4, -0.2) is 22.4 Å². The molecule has 0 aliphatic heterocycles. The molecule has 21 heavy (non-hydrogen) atoms. The molecule has 0 unspecified atom stereocenters.